The van der Waals surface area contributed by atoms with Crippen molar-refractivity contribution in [1.29, 1.82) is 0 Å². The average Bonchev–Trinajstić information content (AvgIpc) is 3.11. The molecule has 0 spiro atoms. The first-order chi connectivity index (χ1) is 24.6. The normalized spacial score (nSPS) is 12.1. The number of rotatable bonds is 42. The largest absolute Gasteiger partial charge is 0.481 e. The molecule has 0 radical (unpaired) electrons. The molecule has 4 nitrogen and oxygen atoms in total. The number of hydrogen-bond donors (Lipinski definition) is 1. The number of amides is 1. The Morgan fingerprint density at radius 3 is 0.820 bits per heavy atom. The minimum absolute atomic E-state index is 0.110. The van der Waals surface area contributed by atoms with Crippen LogP contribution in [-0.2, 0) is 9.59 Å². The molecule has 0 bridgehead atoms. The van der Waals surface area contributed by atoms with Gasteiger partial charge < -0.3 is 10.0 Å². The Kier molecular flexibility index (Phi) is 39.8. The van der Waals surface area contributed by atoms with Crippen LogP contribution >= 0.6 is 0 Å². The zero-order valence-corrected chi connectivity index (χ0v) is 34.6. The number of carbonyl (C=O) groups excluding carboxylic acids is 1. The van der Waals surface area contributed by atoms with Gasteiger partial charge in [-0.2, -0.15) is 0 Å². The molecule has 0 aromatic carbocycles. The summed E-state index contributed by atoms with van der Waals surface area (Å²) in [5.41, 5.74) is 0. The molecule has 0 heterocycles. The molecule has 0 saturated heterocycles. The fraction of sp³-hybridized carbons (Fsp3) is 0.957. The molecular weight excluding hydrogens is 615 g/mol. The van der Waals surface area contributed by atoms with Gasteiger partial charge in [0.15, 0.2) is 0 Å². The van der Waals surface area contributed by atoms with Crippen molar-refractivity contribution in [1.82, 2.24) is 4.90 Å². The summed E-state index contributed by atoms with van der Waals surface area (Å²) in [4.78, 5) is 27.8. The summed E-state index contributed by atoms with van der Waals surface area (Å²) in [5, 5.41) is 10.1. The second-order valence-corrected chi connectivity index (χ2v) is 16.0. The van der Waals surface area contributed by atoms with E-state index >= 15 is 0 Å². The van der Waals surface area contributed by atoms with Crippen molar-refractivity contribution >= 4 is 11.9 Å². The summed E-state index contributed by atoms with van der Waals surface area (Å²) in [7, 11) is 0. The Morgan fingerprint density at radius 2 is 0.580 bits per heavy atom. The Balaban J connectivity index is 4.34. The molecule has 4 heteroatoms. The molecule has 50 heavy (non-hydrogen) atoms. The zero-order valence-electron chi connectivity index (χ0n) is 34.6. The third kappa shape index (κ3) is 34.0. The quantitative estimate of drug-likeness (QED) is 0.0508. The van der Waals surface area contributed by atoms with E-state index in [9.17, 15) is 14.7 Å². The van der Waals surface area contributed by atoms with Gasteiger partial charge in [-0.25, -0.2) is 0 Å². The highest BCUT2D eigenvalue weighted by molar-refractivity contribution is 5.96. The number of unbranched alkanes of at least 4 members (excludes halogenated alkanes) is 34. The lowest BCUT2D eigenvalue weighted by Gasteiger charge is -2.26. The van der Waals surface area contributed by atoms with Crippen LogP contribution in [0.3, 0.4) is 0 Å². The van der Waals surface area contributed by atoms with Crippen LogP contribution in [0.2, 0.25) is 0 Å². The van der Waals surface area contributed by atoms with Crippen LogP contribution in [-0.4, -0.2) is 35.0 Å². The van der Waals surface area contributed by atoms with E-state index < -0.39 is 11.9 Å². The lowest BCUT2D eigenvalue weighted by molar-refractivity contribution is -0.151. The molecule has 0 fully saturated rings. The molecule has 0 aliphatic heterocycles. The molecule has 0 aliphatic carbocycles. The zero-order chi connectivity index (χ0) is 36.6. The van der Waals surface area contributed by atoms with Crippen molar-refractivity contribution in [2.24, 2.45) is 5.92 Å². The molecule has 1 atom stereocenters. The van der Waals surface area contributed by atoms with Gasteiger partial charge in [0.2, 0.25) is 5.91 Å². The standard InChI is InChI=1S/C46H91NO3/c1-4-7-10-13-16-19-22-23-24-25-26-27-28-29-32-35-38-41-44(46(49)50)45(48)47(42-39-36-33-30-20-17-14-11-8-5-2)43-40-37-34-31-21-18-15-12-9-6-3/h44H,4-43H2,1-3H3,(H,49,50). The first-order valence-corrected chi connectivity index (χ1v) is 23.1. The van der Waals surface area contributed by atoms with Gasteiger partial charge in [0, 0.05) is 13.1 Å². The maximum Gasteiger partial charge on any atom is 0.316 e. The molecule has 0 aromatic heterocycles. The third-order valence-corrected chi connectivity index (χ3v) is 11.1. The monoisotopic (exact) mass is 706 g/mol. The molecule has 0 saturated carbocycles. The van der Waals surface area contributed by atoms with Crippen LogP contribution in [0.15, 0.2) is 0 Å². The Bertz CT molecular complexity index is 671. The second kappa shape index (κ2) is 40.7. The number of carboxylic acids is 1. The van der Waals surface area contributed by atoms with E-state index in [1.807, 2.05) is 4.90 Å². The summed E-state index contributed by atoms with van der Waals surface area (Å²) in [5.74, 6) is -1.89. The summed E-state index contributed by atoms with van der Waals surface area (Å²) in [6, 6.07) is 0. The van der Waals surface area contributed by atoms with Crippen molar-refractivity contribution in [3.05, 3.63) is 0 Å². The van der Waals surface area contributed by atoms with Crippen LogP contribution in [0.4, 0.5) is 0 Å². The van der Waals surface area contributed by atoms with Gasteiger partial charge in [-0.15, -0.1) is 0 Å². The van der Waals surface area contributed by atoms with E-state index in [-0.39, 0.29) is 5.91 Å². The van der Waals surface area contributed by atoms with Crippen molar-refractivity contribution < 1.29 is 14.7 Å². The maximum atomic E-state index is 13.6. The van der Waals surface area contributed by atoms with Gasteiger partial charge in [0.1, 0.15) is 5.92 Å². The predicted molar refractivity (Wildman–Crippen MR) is 220 cm³/mol. The summed E-state index contributed by atoms with van der Waals surface area (Å²) in [6.07, 6.45) is 48.3. The number of aliphatic carboxylic acids is 1. The van der Waals surface area contributed by atoms with Gasteiger partial charge in [-0.05, 0) is 19.3 Å². The van der Waals surface area contributed by atoms with Gasteiger partial charge in [0.05, 0.1) is 0 Å². The van der Waals surface area contributed by atoms with E-state index in [0.717, 1.165) is 51.6 Å². The number of nitrogens with zero attached hydrogens (tertiary/aromatic N) is 1. The Labute approximate surface area is 314 Å². The summed E-state index contributed by atoms with van der Waals surface area (Å²) >= 11 is 0. The molecule has 0 rings (SSSR count). The van der Waals surface area contributed by atoms with Crippen LogP contribution in [0.25, 0.3) is 0 Å². The van der Waals surface area contributed by atoms with E-state index in [1.165, 1.54) is 199 Å². The highest BCUT2D eigenvalue weighted by Gasteiger charge is 2.29. The lowest BCUT2D eigenvalue weighted by Crippen LogP contribution is -2.40. The summed E-state index contributed by atoms with van der Waals surface area (Å²) in [6.45, 7) is 8.29. The van der Waals surface area contributed by atoms with Crippen LogP contribution in [0, 0.1) is 5.92 Å². The number of hydrogen-bond acceptors (Lipinski definition) is 2. The molecule has 1 N–H and O–H groups in total. The fourth-order valence-corrected chi connectivity index (χ4v) is 7.56. The molecule has 0 aromatic rings. The molecule has 0 aliphatic rings. The first kappa shape index (κ1) is 48.9. The number of carbonyl (C=O) groups is 2. The molecular formula is C46H91NO3. The maximum absolute atomic E-state index is 13.6. The van der Waals surface area contributed by atoms with Crippen LogP contribution in [0.1, 0.15) is 265 Å². The molecule has 298 valence electrons. The predicted octanol–water partition coefficient (Wildman–Crippen LogP) is 15.4. The third-order valence-electron chi connectivity index (χ3n) is 11.1. The van der Waals surface area contributed by atoms with Crippen LogP contribution in [0.5, 0.6) is 0 Å². The smallest absolute Gasteiger partial charge is 0.316 e. The highest BCUT2D eigenvalue weighted by Crippen LogP contribution is 2.19. The Hall–Kier alpha value is -1.06. The Morgan fingerprint density at radius 1 is 0.360 bits per heavy atom. The van der Waals surface area contributed by atoms with E-state index in [0.29, 0.717) is 6.42 Å². The lowest BCUT2D eigenvalue weighted by atomic mass is 9.98. The fourth-order valence-electron chi connectivity index (χ4n) is 7.56. The first-order valence-electron chi connectivity index (χ1n) is 23.1. The van der Waals surface area contributed by atoms with Crippen molar-refractivity contribution in [3.8, 4) is 0 Å². The minimum Gasteiger partial charge on any atom is -0.481 e. The molecule has 1 amide bonds. The average molecular weight is 706 g/mol. The SMILES string of the molecule is CCCCCCCCCCCCCCCCCCCC(C(=O)O)C(=O)N(CCCCCCCCCCCC)CCCCCCCCCCCC. The van der Waals surface area contributed by atoms with Crippen molar-refractivity contribution in [2.45, 2.75) is 265 Å². The highest BCUT2D eigenvalue weighted by atomic mass is 16.4. The van der Waals surface area contributed by atoms with Gasteiger partial charge in [-0.3, -0.25) is 9.59 Å². The minimum atomic E-state index is -0.914. The van der Waals surface area contributed by atoms with Crippen molar-refractivity contribution in [3.63, 3.8) is 0 Å². The van der Waals surface area contributed by atoms with E-state index in [2.05, 4.69) is 20.8 Å². The van der Waals surface area contributed by atoms with Gasteiger partial charge in [0.25, 0.3) is 0 Å². The van der Waals surface area contributed by atoms with E-state index in [1.54, 1.807) is 0 Å². The molecule has 1 unspecified atom stereocenters. The van der Waals surface area contributed by atoms with Gasteiger partial charge in [-0.1, -0.05) is 245 Å². The van der Waals surface area contributed by atoms with Crippen molar-refractivity contribution in [2.75, 3.05) is 13.1 Å². The van der Waals surface area contributed by atoms with E-state index in [4.69, 9.17) is 0 Å². The topological polar surface area (TPSA) is 57.6 Å². The summed E-state index contributed by atoms with van der Waals surface area (Å²) < 4.78 is 0. The number of carboxylic acid groups (broad SMARTS) is 1. The second-order valence-electron chi connectivity index (χ2n) is 16.0. The van der Waals surface area contributed by atoms with Crippen LogP contribution < -0.4 is 0 Å². The van der Waals surface area contributed by atoms with Gasteiger partial charge >= 0.3 is 5.97 Å².